The van der Waals surface area contributed by atoms with Crippen LogP contribution < -0.4 is 4.74 Å². The van der Waals surface area contributed by atoms with Crippen molar-refractivity contribution in [2.24, 2.45) is 0 Å². The van der Waals surface area contributed by atoms with Crippen LogP contribution in [0.25, 0.3) is 0 Å². The van der Waals surface area contributed by atoms with Crippen LogP contribution in [0.1, 0.15) is 23.3 Å². The van der Waals surface area contributed by atoms with Crippen molar-refractivity contribution in [3.8, 4) is 5.75 Å². The van der Waals surface area contributed by atoms with E-state index in [4.69, 9.17) is 16.3 Å². The molecule has 1 amide bonds. The fourth-order valence-electron chi connectivity index (χ4n) is 2.33. The van der Waals surface area contributed by atoms with Crippen LogP contribution in [-0.2, 0) is 6.73 Å². The van der Waals surface area contributed by atoms with E-state index in [1.165, 1.54) is 0 Å². The van der Waals surface area contributed by atoms with Gasteiger partial charge in [0, 0.05) is 19.3 Å². The monoisotopic (exact) mass is 305 g/mol. The lowest BCUT2D eigenvalue weighted by atomic mass is 10.3. The van der Waals surface area contributed by atoms with Gasteiger partial charge in [0.15, 0.2) is 12.4 Å². The number of nitrogens with zero attached hydrogens (tertiary/aromatic N) is 3. The molecule has 0 radical (unpaired) electrons. The largest absolute Gasteiger partial charge is 0.470 e. The number of amides is 1. The normalized spacial score (nSPS) is 14.4. The third-order valence-electron chi connectivity index (χ3n) is 3.44. The van der Waals surface area contributed by atoms with Crippen LogP contribution in [-0.4, -0.2) is 33.7 Å². The van der Waals surface area contributed by atoms with E-state index in [9.17, 15) is 4.79 Å². The minimum atomic E-state index is -0.0102. The van der Waals surface area contributed by atoms with Crippen molar-refractivity contribution in [2.45, 2.75) is 19.6 Å². The maximum absolute atomic E-state index is 12.2. The summed E-state index contributed by atoms with van der Waals surface area (Å²) in [4.78, 5) is 14.0. The lowest BCUT2D eigenvalue weighted by Crippen LogP contribution is -2.28. The van der Waals surface area contributed by atoms with Gasteiger partial charge >= 0.3 is 0 Å². The molecule has 0 aliphatic carbocycles. The molecule has 0 saturated carbocycles. The quantitative estimate of drug-likeness (QED) is 0.872. The van der Waals surface area contributed by atoms with Crippen molar-refractivity contribution < 1.29 is 9.53 Å². The Balaban J connectivity index is 1.62. The molecule has 1 aliphatic rings. The zero-order valence-corrected chi connectivity index (χ0v) is 12.3. The zero-order valence-electron chi connectivity index (χ0n) is 11.5. The van der Waals surface area contributed by atoms with Gasteiger partial charge in [-0.1, -0.05) is 23.7 Å². The molecule has 0 bridgehead atoms. The average molecular weight is 306 g/mol. The molecule has 0 unspecified atom stereocenters. The number of likely N-dealkylation sites (tertiary alicyclic amines) is 1. The van der Waals surface area contributed by atoms with E-state index in [0.717, 1.165) is 25.9 Å². The highest BCUT2D eigenvalue weighted by Crippen LogP contribution is 2.23. The van der Waals surface area contributed by atoms with E-state index >= 15 is 0 Å². The van der Waals surface area contributed by atoms with Crippen LogP contribution >= 0.6 is 11.6 Å². The van der Waals surface area contributed by atoms with Crippen LogP contribution in [0.5, 0.6) is 5.75 Å². The average Bonchev–Trinajstić information content (AvgIpc) is 3.17. The highest BCUT2D eigenvalue weighted by Gasteiger charge is 2.21. The summed E-state index contributed by atoms with van der Waals surface area (Å²) in [7, 11) is 0. The van der Waals surface area contributed by atoms with Gasteiger partial charge in [0.1, 0.15) is 5.75 Å². The van der Waals surface area contributed by atoms with Crippen molar-refractivity contribution in [3.63, 3.8) is 0 Å². The van der Waals surface area contributed by atoms with Crippen LogP contribution in [0.15, 0.2) is 36.5 Å². The Morgan fingerprint density at radius 1 is 1.24 bits per heavy atom. The number of hydrogen-bond acceptors (Lipinski definition) is 3. The summed E-state index contributed by atoms with van der Waals surface area (Å²) >= 11 is 6.02. The Morgan fingerprint density at radius 2 is 2.00 bits per heavy atom. The molecular formula is C15H16ClN3O2. The van der Waals surface area contributed by atoms with Crippen LogP contribution in [0.4, 0.5) is 0 Å². The molecule has 3 rings (SSSR count). The Labute approximate surface area is 128 Å². The number of rotatable bonds is 4. The molecule has 21 heavy (non-hydrogen) atoms. The fourth-order valence-corrected chi connectivity index (χ4v) is 2.52. The second-order valence-corrected chi connectivity index (χ2v) is 5.35. The van der Waals surface area contributed by atoms with Gasteiger partial charge in [0.25, 0.3) is 5.91 Å². The van der Waals surface area contributed by atoms with Crippen molar-refractivity contribution in [1.82, 2.24) is 14.7 Å². The van der Waals surface area contributed by atoms with Gasteiger partial charge in [0.2, 0.25) is 0 Å². The van der Waals surface area contributed by atoms with E-state index in [-0.39, 0.29) is 12.6 Å². The highest BCUT2D eigenvalue weighted by atomic mass is 35.5. The van der Waals surface area contributed by atoms with Gasteiger partial charge in [0.05, 0.1) is 5.02 Å². The van der Waals surface area contributed by atoms with Gasteiger partial charge in [-0.2, -0.15) is 5.10 Å². The Morgan fingerprint density at radius 3 is 2.76 bits per heavy atom. The number of para-hydroxylation sites is 1. The summed E-state index contributed by atoms with van der Waals surface area (Å²) < 4.78 is 7.17. The summed E-state index contributed by atoms with van der Waals surface area (Å²) in [5, 5.41) is 4.81. The van der Waals surface area contributed by atoms with E-state index in [1.54, 1.807) is 29.1 Å². The van der Waals surface area contributed by atoms with Crippen molar-refractivity contribution in [3.05, 3.63) is 47.2 Å². The molecule has 2 heterocycles. The molecule has 0 atom stereocenters. The van der Waals surface area contributed by atoms with E-state index < -0.39 is 0 Å². The summed E-state index contributed by atoms with van der Waals surface area (Å²) in [6, 6.07) is 8.98. The molecule has 0 N–H and O–H groups in total. The Hall–Kier alpha value is -2.01. The maximum atomic E-state index is 12.2. The molecule has 1 aromatic carbocycles. The molecule has 5 nitrogen and oxygen atoms in total. The van der Waals surface area contributed by atoms with Crippen molar-refractivity contribution in [2.75, 3.05) is 13.1 Å². The molecule has 2 aromatic rings. The topological polar surface area (TPSA) is 47.4 Å². The first-order chi connectivity index (χ1) is 10.2. The molecule has 1 aliphatic heterocycles. The minimum Gasteiger partial charge on any atom is -0.470 e. The Bertz CT molecular complexity index is 635. The first-order valence-corrected chi connectivity index (χ1v) is 7.32. The van der Waals surface area contributed by atoms with Crippen molar-refractivity contribution in [1.29, 1.82) is 0 Å². The second-order valence-electron chi connectivity index (χ2n) is 4.94. The van der Waals surface area contributed by atoms with Gasteiger partial charge in [-0.05, 0) is 31.0 Å². The third-order valence-corrected chi connectivity index (χ3v) is 3.75. The predicted octanol–water partition coefficient (Wildman–Crippen LogP) is 2.81. The second kappa shape index (κ2) is 6.18. The standard InChI is InChI=1S/C15H16ClN3O2/c16-12-5-1-2-6-14(12)21-11-19-10-7-13(17-19)15(20)18-8-3-4-9-18/h1-2,5-7,10H,3-4,8-9,11H2. The molecule has 1 aromatic heterocycles. The number of carbonyl (C=O) groups excluding carboxylic acids is 1. The summed E-state index contributed by atoms with van der Waals surface area (Å²) in [6.45, 7) is 1.86. The molecular weight excluding hydrogens is 290 g/mol. The number of halogens is 1. The summed E-state index contributed by atoms with van der Waals surface area (Å²) in [5.74, 6) is 0.589. The van der Waals surface area contributed by atoms with E-state index in [1.807, 2.05) is 17.0 Å². The van der Waals surface area contributed by atoms with Gasteiger partial charge in [-0.25, -0.2) is 4.68 Å². The lowest BCUT2D eigenvalue weighted by molar-refractivity contribution is 0.0785. The predicted molar refractivity (Wildman–Crippen MR) is 79.4 cm³/mol. The van der Waals surface area contributed by atoms with E-state index in [0.29, 0.717) is 16.5 Å². The summed E-state index contributed by atoms with van der Waals surface area (Å²) in [6.07, 6.45) is 3.88. The first-order valence-electron chi connectivity index (χ1n) is 6.94. The van der Waals surface area contributed by atoms with Gasteiger partial charge in [-0.15, -0.1) is 0 Å². The third kappa shape index (κ3) is 3.19. The lowest BCUT2D eigenvalue weighted by Gasteiger charge is -2.13. The van der Waals surface area contributed by atoms with Crippen LogP contribution in [0, 0.1) is 0 Å². The summed E-state index contributed by atoms with van der Waals surface area (Å²) in [5.41, 5.74) is 0.458. The number of hydrogen-bond donors (Lipinski definition) is 0. The van der Waals surface area contributed by atoms with Crippen LogP contribution in [0.2, 0.25) is 5.02 Å². The Kier molecular flexibility index (Phi) is 4.10. The highest BCUT2D eigenvalue weighted by molar-refractivity contribution is 6.32. The smallest absolute Gasteiger partial charge is 0.274 e. The number of aromatic nitrogens is 2. The molecule has 0 spiro atoms. The van der Waals surface area contributed by atoms with Crippen LogP contribution in [0.3, 0.4) is 0 Å². The van der Waals surface area contributed by atoms with Crippen molar-refractivity contribution >= 4 is 17.5 Å². The minimum absolute atomic E-state index is 0.0102. The molecule has 110 valence electrons. The maximum Gasteiger partial charge on any atom is 0.274 e. The molecule has 6 heteroatoms. The van der Waals surface area contributed by atoms with Gasteiger partial charge < -0.3 is 9.64 Å². The fraction of sp³-hybridized carbons (Fsp3) is 0.333. The first kappa shape index (κ1) is 13.9. The molecule has 1 fully saturated rings. The SMILES string of the molecule is O=C(c1ccn(COc2ccccc2Cl)n1)N1CCCC1. The van der Waals surface area contributed by atoms with E-state index in [2.05, 4.69) is 5.10 Å². The molecule has 1 saturated heterocycles. The number of ether oxygens (including phenoxy) is 1. The number of carbonyl (C=O) groups is 1. The number of benzene rings is 1. The van der Waals surface area contributed by atoms with Gasteiger partial charge in [-0.3, -0.25) is 4.79 Å². The zero-order chi connectivity index (χ0) is 14.7.